The van der Waals surface area contributed by atoms with Crippen molar-refractivity contribution in [3.63, 3.8) is 0 Å². The molecule has 0 N–H and O–H groups in total. The molecule has 7 aromatic heterocycles. The molecule has 0 saturated carbocycles. The number of rotatable bonds is 3. The summed E-state index contributed by atoms with van der Waals surface area (Å²) in [7, 11) is 0. The van der Waals surface area contributed by atoms with Crippen LogP contribution in [0, 0.1) is 0 Å². The van der Waals surface area contributed by atoms with Gasteiger partial charge in [0.2, 0.25) is 0 Å². The fourth-order valence-corrected chi connectivity index (χ4v) is 7.14. The molecule has 7 heterocycles. The summed E-state index contributed by atoms with van der Waals surface area (Å²) in [6.45, 7) is 0. The number of benzene rings is 3. The first-order valence-electron chi connectivity index (χ1n) is 14.9. The minimum absolute atomic E-state index is 1.04. The zero-order valence-electron chi connectivity index (χ0n) is 23.9. The van der Waals surface area contributed by atoms with Crippen LogP contribution in [0.5, 0.6) is 0 Å². The van der Waals surface area contributed by atoms with Crippen molar-refractivity contribution in [1.82, 2.24) is 33.6 Å². The molecule has 0 radical (unpaired) electrons. The lowest BCUT2D eigenvalue weighted by Crippen LogP contribution is -2.03. The Bertz CT molecular complexity index is 2310. The molecule has 0 unspecified atom stereocenters. The highest BCUT2D eigenvalue weighted by Crippen LogP contribution is 2.38. The first-order valence-corrected chi connectivity index (χ1v) is 14.9. The SMILES string of the molecule is c1ccc2c(c1)c1ccccc1n2-c1cc(-n2c3ccncc3c3cnccc32)cc(-n2c3ccncc3c3cnccc32)c1. The molecule has 0 spiro atoms. The number of aromatic nitrogens is 7. The molecule has 7 heteroatoms. The Morgan fingerprint density at radius 1 is 0.311 bits per heavy atom. The van der Waals surface area contributed by atoms with Crippen LogP contribution in [0.15, 0.2) is 141 Å². The highest BCUT2D eigenvalue weighted by molar-refractivity contribution is 6.11. The standard InChI is InChI=1S/C38H23N7/c1-3-7-33-27(5-1)28-6-2-4-8-34(28)43(33)24-17-25(44-35-9-13-39-20-29(35)30-21-40-14-10-36(30)44)19-26(18-24)45-37-11-15-41-22-31(37)32-23-42-16-12-38(32)45/h1-23H. The monoisotopic (exact) mass is 577 g/mol. The minimum Gasteiger partial charge on any atom is -0.309 e. The van der Waals surface area contributed by atoms with Crippen LogP contribution < -0.4 is 0 Å². The predicted molar refractivity (Wildman–Crippen MR) is 181 cm³/mol. The molecule has 0 atom stereocenters. The topological polar surface area (TPSA) is 66.3 Å². The number of hydrogen-bond acceptors (Lipinski definition) is 4. The van der Waals surface area contributed by atoms with Crippen molar-refractivity contribution in [3.8, 4) is 17.1 Å². The van der Waals surface area contributed by atoms with Crippen molar-refractivity contribution in [2.45, 2.75) is 0 Å². The van der Waals surface area contributed by atoms with E-state index in [4.69, 9.17) is 0 Å². The summed E-state index contributed by atoms with van der Waals surface area (Å²) >= 11 is 0. The van der Waals surface area contributed by atoms with Gasteiger partial charge in [-0.2, -0.15) is 0 Å². The highest BCUT2D eigenvalue weighted by Gasteiger charge is 2.19. The molecule has 0 bridgehead atoms. The maximum absolute atomic E-state index is 4.46. The predicted octanol–water partition coefficient (Wildman–Crippen LogP) is 8.56. The lowest BCUT2D eigenvalue weighted by molar-refractivity contribution is 1.09. The molecule has 3 aromatic carbocycles. The smallest absolute Gasteiger partial charge is 0.0572 e. The summed E-state index contributed by atoms with van der Waals surface area (Å²) in [5.41, 5.74) is 9.78. The third kappa shape index (κ3) is 3.34. The summed E-state index contributed by atoms with van der Waals surface area (Å²) in [6.07, 6.45) is 15.2. The van der Waals surface area contributed by atoms with E-state index in [-0.39, 0.29) is 0 Å². The Labute approximate surface area is 256 Å². The number of fused-ring (bicyclic) bond motifs is 9. The Balaban J connectivity index is 1.38. The molecule has 0 aliphatic carbocycles. The van der Waals surface area contributed by atoms with Gasteiger partial charge >= 0.3 is 0 Å². The van der Waals surface area contributed by atoms with Gasteiger partial charge in [0.05, 0.1) is 50.2 Å². The zero-order chi connectivity index (χ0) is 29.5. The molecule has 0 saturated heterocycles. The minimum atomic E-state index is 1.04. The normalized spacial score (nSPS) is 12.0. The third-order valence-electron chi connectivity index (χ3n) is 8.98. The van der Waals surface area contributed by atoms with Gasteiger partial charge in [-0.3, -0.25) is 19.9 Å². The Kier molecular flexibility index (Phi) is 4.87. The summed E-state index contributed by atoms with van der Waals surface area (Å²) in [6, 6.07) is 32.5. The molecule has 0 aliphatic rings. The van der Waals surface area contributed by atoms with Gasteiger partial charge in [-0.25, -0.2) is 0 Å². The highest BCUT2D eigenvalue weighted by atomic mass is 15.0. The van der Waals surface area contributed by atoms with Crippen molar-refractivity contribution in [1.29, 1.82) is 0 Å². The largest absolute Gasteiger partial charge is 0.309 e. The van der Waals surface area contributed by atoms with E-state index in [0.717, 1.165) is 71.7 Å². The number of pyridine rings is 4. The molecule has 45 heavy (non-hydrogen) atoms. The van der Waals surface area contributed by atoms with Crippen LogP contribution in [-0.2, 0) is 0 Å². The fraction of sp³-hybridized carbons (Fsp3) is 0. The van der Waals surface area contributed by atoms with Gasteiger partial charge in [0, 0.05) is 81.9 Å². The van der Waals surface area contributed by atoms with Crippen molar-refractivity contribution in [2.75, 3.05) is 0 Å². The summed E-state index contributed by atoms with van der Waals surface area (Å²) in [4.78, 5) is 17.8. The number of nitrogens with zero attached hydrogens (tertiary/aromatic N) is 7. The summed E-state index contributed by atoms with van der Waals surface area (Å²) in [5.74, 6) is 0. The molecule has 0 aliphatic heterocycles. The molecule has 0 fully saturated rings. The quantitative estimate of drug-likeness (QED) is 0.211. The van der Waals surface area contributed by atoms with Gasteiger partial charge in [-0.15, -0.1) is 0 Å². The Hall–Kier alpha value is -6.34. The maximum Gasteiger partial charge on any atom is 0.0572 e. The van der Waals surface area contributed by atoms with Gasteiger partial charge in [-0.1, -0.05) is 36.4 Å². The summed E-state index contributed by atoms with van der Waals surface area (Å²) < 4.78 is 7.03. The van der Waals surface area contributed by atoms with Crippen molar-refractivity contribution in [2.24, 2.45) is 0 Å². The second kappa shape index (κ2) is 9.08. The van der Waals surface area contributed by atoms with Crippen molar-refractivity contribution < 1.29 is 0 Å². The van der Waals surface area contributed by atoms with E-state index in [1.807, 2.05) is 49.6 Å². The van der Waals surface area contributed by atoms with Crippen LogP contribution in [0.2, 0.25) is 0 Å². The average Bonchev–Trinajstić information content (AvgIpc) is 3.74. The zero-order valence-corrected chi connectivity index (χ0v) is 23.9. The number of para-hydroxylation sites is 2. The van der Waals surface area contributed by atoms with Crippen LogP contribution in [0.1, 0.15) is 0 Å². The second-order valence-corrected chi connectivity index (χ2v) is 11.3. The fourth-order valence-electron chi connectivity index (χ4n) is 7.14. The van der Waals surface area contributed by atoms with Gasteiger partial charge in [0.15, 0.2) is 0 Å². The first-order chi connectivity index (χ1) is 22.3. The summed E-state index contributed by atoms with van der Waals surface area (Å²) in [5, 5.41) is 6.72. The van der Waals surface area contributed by atoms with Crippen LogP contribution in [0.25, 0.3) is 82.5 Å². The van der Waals surface area contributed by atoms with Crippen LogP contribution in [0.3, 0.4) is 0 Å². The maximum atomic E-state index is 4.46. The van der Waals surface area contributed by atoms with E-state index >= 15 is 0 Å². The van der Waals surface area contributed by atoms with Crippen LogP contribution >= 0.6 is 0 Å². The Morgan fingerprint density at radius 3 is 0.933 bits per heavy atom. The van der Waals surface area contributed by atoms with Gasteiger partial charge < -0.3 is 13.7 Å². The molecule has 210 valence electrons. The average molecular weight is 578 g/mol. The molecule has 10 rings (SSSR count). The number of hydrogen-bond donors (Lipinski definition) is 0. The van der Waals surface area contributed by atoms with E-state index in [0.29, 0.717) is 0 Å². The Morgan fingerprint density at radius 2 is 0.600 bits per heavy atom. The van der Waals surface area contributed by atoms with E-state index < -0.39 is 0 Å². The van der Waals surface area contributed by atoms with Gasteiger partial charge in [-0.05, 0) is 54.6 Å². The first kappa shape index (κ1) is 24.1. The molecule has 0 amide bonds. The third-order valence-corrected chi connectivity index (χ3v) is 8.98. The molecular formula is C38H23N7. The van der Waals surface area contributed by atoms with Gasteiger partial charge in [0.25, 0.3) is 0 Å². The van der Waals surface area contributed by atoms with Crippen LogP contribution in [-0.4, -0.2) is 33.6 Å². The van der Waals surface area contributed by atoms with E-state index in [9.17, 15) is 0 Å². The lowest BCUT2D eigenvalue weighted by atomic mass is 10.2. The van der Waals surface area contributed by atoms with Crippen molar-refractivity contribution in [3.05, 3.63) is 141 Å². The molecular weight excluding hydrogens is 554 g/mol. The van der Waals surface area contributed by atoms with E-state index in [2.05, 4.69) is 125 Å². The lowest BCUT2D eigenvalue weighted by Gasteiger charge is -2.17. The second-order valence-electron chi connectivity index (χ2n) is 11.3. The molecule has 7 nitrogen and oxygen atoms in total. The van der Waals surface area contributed by atoms with E-state index in [1.54, 1.807) is 0 Å². The van der Waals surface area contributed by atoms with Gasteiger partial charge in [0.1, 0.15) is 0 Å². The van der Waals surface area contributed by atoms with Crippen LogP contribution in [0.4, 0.5) is 0 Å². The van der Waals surface area contributed by atoms with Crippen molar-refractivity contribution >= 4 is 65.4 Å². The molecule has 10 aromatic rings. The van der Waals surface area contributed by atoms with E-state index in [1.165, 1.54) is 10.8 Å².